The van der Waals surface area contributed by atoms with Crippen molar-refractivity contribution < 1.29 is 9.90 Å². The van der Waals surface area contributed by atoms with E-state index < -0.39 is 5.97 Å². The van der Waals surface area contributed by atoms with Crippen LogP contribution in [-0.2, 0) is 17.8 Å². The quantitative estimate of drug-likeness (QED) is 0.767. The number of hydrogen-bond donors (Lipinski definition) is 1. The second kappa shape index (κ2) is 7.07. The smallest absolute Gasteiger partial charge is 0.347 e. The highest BCUT2D eigenvalue weighted by atomic mass is 16.4. The normalized spacial score (nSPS) is 10.7. The Morgan fingerprint density at radius 3 is 2.53 bits per heavy atom. The van der Waals surface area contributed by atoms with Gasteiger partial charge in [0.1, 0.15) is 0 Å². The monoisotopic (exact) mass is 266 g/mol. The molecule has 106 valence electrons. The molecular weight excluding hydrogens is 244 g/mol. The number of aryl methyl sites for hydroxylation is 1. The van der Waals surface area contributed by atoms with Crippen molar-refractivity contribution in [1.29, 1.82) is 0 Å². The summed E-state index contributed by atoms with van der Waals surface area (Å²) >= 11 is 0. The third-order valence-corrected chi connectivity index (χ3v) is 3.34. The van der Waals surface area contributed by atoms with Crippen molar-refractivity contribution in [1.82, 2.24) is 9.55 Å². The number of carboxylic acids is 1. The molecule has 1 heterocycles. The summed E-state index contributed by atoms with van der Waals surface area (Å²) < 4.78 is 1.60. The Bertz CT molecular complexity index is 506. The Labute approximate surface area is 113 Å². The van der Waals surface area contributed by atoms with Crippen molar-refractivity contribution in [3.8, 4) is 0 Å². The molecule has 19 heavy (non-hydrogen) atoms. The van der Waals surface area contributed by atoms with Crippen molar-refractivity contribution in [2.45, 2.75) is 59.4 Å². The predicted molar refractivity (Wildman–Crippen MR) is 73.5 cm³/mol. The predicted octanol–water partition coefficient (Wildman–Crippen LogP) is 2.07. The molecule has 0 radical (unpaired) electrons. The van der Waals surface area contributed by atoms with Crippen LogP contribution in [0.5, 0.6) is 0 Å². The first kappa shape index (κ1) is 15.4. The van der Waals surface area contributed by atoms with Crippen molar-refractivity contribution in [3.05, 3.63) is 27.4 Å². The standard InChI is InChI=1S/C14H22N2O3/c1-4-5-6-7-8-16-11(3)12(9-13(17)18)10(2)15-14(16)19/h4-9H2,1-3H3,(H,17,18). The van der Waals surface area contributed by atoms with Crippen molar-refractivity contribution in [3.63, 3.8) is 0 Å². The van der Waals surface area contributed by atoms with E-state index in [1.54, 1.807) is 18.4 Å². The molecule has 0 aromatic carbocycles. The SMILES string of the molecule is CCCCCCn1c(C)c(CC(=O)O)c(C)nc1=O. The third-order valence-electron chi connectivity index (χ3n) is 3.34. The first-order chi connectivity index (χ1) is 8.97. The zero-order chi connectivity index (χ0) is 14.4. The zero-order valence-corrected chi connectivity index (χ0v) is 11.9. The summed E-state index contributed by atoms with van der Waals surface area (Å²) in [6.45, 7) is 6.24. The Morgan fingerprint density at radius 1 is 1.26 bits per heavy atom. The van der Waals surface area contributed by atoms with Crippen LogP contribution in [0.1, 0.15) is 49.6 Å². The van der Waals surface area contributed by atoms with E-state index in [4.69, 9.17) is 5.11 Å². The largest absolute Gasteiger partial charge is 0.481 e. The van der Waals surface area contributed by atoms with Gasteiger partial charge in [-0.25, -0.2) is 4.79 Å². The highest BCUT2D eigenvalue weighted by Gasteiger charge is 2.13. The number of nitrogens with zero attached hydrogens (tertiary/aromatic N) is 2. The maximum atomic E-state index is 11.9. The minimum atomic E-state index is -0.899. The second-order valence-corrected chi connectivity index (χ2v) is 4.83. The van der Waals surface area contributed by atoms with Crippen molar-refractivity contribution in [2.24, 2.45) is 0 Å². The average Bonchev–Trinajstić information content (AvgIpc) is 2.33. The van der Waals surface area contributed by atoms with Gasteiger partial charge in [0.05, 0.1) is 6.42 Å². The van der Waals surface area contributed by atoms with Gasteiger partial charge in [0.15, 0.2) is 0 Å². The molecule has 0 fully saturated rings. The van der Waals surface area contributed by atoms with Crippen LogP contribution < -0.4 is 5.69 Å². The van der Waals surface area contributed by atoms with Crippen LogP contribution in [0.15, 0.2) is 4.79 Å². The molecule has 0 aliphatic carbocycles. The first-order valence-corrected chi connectivity index (χ1v) is 6.76. The molecule has 5 heteroatoms. The molecule has 0 atom stereocenters. The molecule has 0 spiro atoms. The summed E-state index contributed by atoms with van der Waals surface area (Å²) in [5, 5.41) is 8.91. The number of carboxylic acid groups (broad SMARTS) is 1. The van der Waals surface area contributed by atoms with Crippen LogP contribution in [0, 0.1) is 13.8 Å². The minimum Gasteiger partial charge on any atom is -0.481 e. The summed E-state index contributed by atoms with van der Waals surface area (Å²) in [6.07, 6.45) is 4.20. The highest BCUT2D eigenvalue weighted by Crippen LogP contribution is 2.11. The van der Waals surface area contributed by atoms with E-state index in [0.717, 1.165) is 31.4 Å². The average molecular weight is 266 g/mol. The molecular formula is C14H22N2O3. The van der Waals surface area contributed by atoms with E-state index in [1.165, 1.54) is 0 Å². The molecule has 0 unspecified atom stereocenters. The van der Waals surface area contributed by atoms with Gasteiger partial charge < -0.3 is 5.11 Å². The summed E-state index contributed by atoms with van der Waals surface area (Å²) in [6, 6.07) is 0. The van der Waals surface area contributed by atoms with Gasteiger partial charge in [-0.2, -0.15) is 4.98 Å². The molecule has 0 saturated heterocycles. The van der Waals surface area contributed by atoms with E-state index in [1.807, 2.05) is 0 Å². The summed E-state index contributed by atoms with van der Waals surface area (Å²) in [7, 11) is 0. The maximum absolute atomic E-state index is 11.9. The molecule has 0 aliphatic rings. The van der Waals surface area contributed by atoms with Crippen LogP contribution in [0.4, 0.5) is 0 Å². The lowest BCUT2D eigenvalue weighted by atomic mass is 10.1. The fourth-order valence-corrected chi connectivity index (χ4v) is 2.21. The minimum absolute atomic E-state index is 0.0834. The lowest BCUT2D eigenvalue weighted by molar-refractivity contribution is -0.136. The third kappa shape index (κ3) is 4.19. The van der Waals surface area contributed by atoms with Gasteiger partial charge >= 0.3 is 11.7 Å². The van der Waals surface area contributed by atoms with Gasteiger partial charge in [0, 0.05) is 23.5 Å². The zero-order valence-electron chi connectivity index (χ0n) is 11.9. The second-order valence-electron chi connectivity index (χ2n) is 4.83. The molecule has 0 amide bonds. The Kier molecular flexibility index (Phi) is 5.73. The highest BCUT2D eigenvalue weighted by molar-refractivity contribution is 5.70. The van der Waals surface area contributed by atoms with E-state index in [9.17, 15) is 9.59 Å². The van der Waals surface area contributed by atoms with E-state index in [-0.39, 0.29) is 12.1 Å². The van der Waals surface area contributed by atoms with E-state index >= 15 is 0 Å². The van der Waals surface area contributed by atoms with Crippen LogP contribution in [0.2, 0.25) is 0 Å². The summed E-state index contributed by atoms with van der Waals surface area (Å²) in [5.41, 5.74) is 1.63. The van der Waals surface area contributed by atoms with E-state index in [0.29, 0.717) is 17.8 Å². The lowest BCUT2D eigenvalue weighted by Crippen LogP contribution is -2.28. The molecule has 0 bridgehead atoms. The van der Waals surface area contributed by atoms with Crippen LogP contribution >= 0.6 is 0 Å². The van der Waals surface area contributed by atoms with Crippen LogP contribution in [-0.4, -0.2) is 20.6 Å². The van der Waals surface area contributed by atoms with Gasteiger partial charge in [-0.1, -0.05) is 26.2 Å². The molecule has 1 N–H and O–H groups in total. The summed E-state index contributed by atoms with van der Waals surface area (Å²) in [5.74, 6) is -0.899. The van der Waals surface area contributed by atoms with Gasteiger partial charge in [0.2, 0.25) is 0 Å². The first-order valence-electron chi connectivity index (χ1n) is 6.76. The van der Waals surface area contributed by atoms with Crippen molar-refractivity contribution in [2.75, 3.05) is 0 Å². The number of aliphatic carboxylic acids is 1. The lowest BCUT2D eigenvalue weighted by Gasteiger charge is -2.14. The molecule has 1 aromatic heterocycles. The Hall–Kier alpha value is -1.65. The molecule has 1 aromatic rings. The number of unbranched alkanes of at least 4 members (excludes halogenated alkanes) is 3. The number of aromatic nitrogens is 2. The molecule has 5 nitrogen and oxygen atoms in total. The number of carbonyl (C=O) groups is 1. The van der Waals surface area contributed by atoms with Gasteiger partial charge in [-0.3, -0.25) is 9.36 Å². The topological polar surface area (TPSA) is 72.2 Å². The fraction of sp³-hybridized carbons (Fsp3) is 0.643. The Balaban J connectivity index is 2.97. The van der Waals surface area contributed by atoms with Gasteiger partial charge in [-0.15, -0.1) is 0 Å². The fourth-order valence-electron chi connectivity index (χ4n) is 2.21. The van der Waals surface area contributed by atoms with Gasteiger partial charge in [-0.05, 0) is 20.3 Å². The Morgan fingerprint density at radius 2 is 1.95 bits per heavy atom. The van der Waals surface area contributed by atoms with E-state index in [2.05, 4.69) is 11.9 Å². The molecule has 0 aliphatic heterocycles. The molecule has 1 rings (SSSR count). The molecule has 0 saturated carbocycles. The van der Waals surface area contributed by atoms with Crippen LogP contribution in [0.25, 0.3) is 0 Å². The van der Waals surface area contributed by atoms with Crippen LogP contribution in [0.3, 0.4) is 0 Å². The van der Waals surface area contributed by atoms with Crippen molar-refractivity contribution >= 4 is 5.97 Å². The maximum Gasteiger partial charge on any atom is 0.347 e. The number of hydrogen-bond acceptors (Lipinski definition) is 3. The summed E-state index contributed by atoms with van der Waals surface area (Å²) in [4.78, 5) is 26.7. The number of rotatable bonds is 7. The van der Waals surface area contributed by atoms with Gasteiger partial charge in [0.25, 0.3) is 0 Å².